The molecule has 0 bridgehead atoms. The van der Waals surface area contributed by atoms with Crippen LogP contribution in [0, 0.1) is 0 Å². The van der Waals surface area contributed by atoms with E-state index >= 15 is 0 Å². The second-order valence-electron chi connectivity index (χ2n) is 8.41. The molecule has 0 spiro atoms. The highest BCUT2D eigenvalue weighted by molar-refractivity contribution is 7.14. The summed E-state index contributed by atoms with van der Waals surface area (Å²) < 4.78 is 21.6. The Morgan fingerprint density at radius 1 is 1.10 bits per heavy atom. The third kappa shape index (κ3) is 6.33. The van der Waals surface area contributed by atoms with Crippen molar-refractivity contribution in [3.8, 4) is 28.6 Å². The number of nitrogens with one attached hydrogen (secondary N) is 2. The van der Waals surface area contributed by atoms with Gasteiger partial charge in [-0.05, 0) is 35.9 Å². The smallest absolute Gasteiger partial charge is 0.357 e. The number of carbonyl (C=O) groups excluding carboxylic acids is 2. The molecule has 3 N–H and O–H groups in total. The lowest BCUT2D eigenvalue weighted by molar-refractivity contribution is -0.119. The lowest BCUT2D eigenvalue weighted by Gasteiger charge is -2.19. The van der Waals surface area contributed by atoms with Gasteiger partial charge in [0.2, 0.25) is 11.8 Å². The number of hydrogen-bond donors (Lipinski definition) is 3. The van der Waals surface area contributed by atoms with Gasteiger partial charge >= 0.3 is 11.7 Å². The predicted molar refractivity (Wildman–Crippen MR) is 147 cm³/mol. The van der Waals surface area contributed by atoms with Gasteiger partial charge in [-0.3, -0.25) is 4.79 Å². The summed E-state index contributed by atoms with van der Waals surface area (Å²) in [5.74, 6) is -0.620. The quantitative estimate of drug-likeness (QED) is 0.173. The van der Waals surface area contributed by atoms with Crippen molar-refractivity contribution >= 4 is 28.3 Å². The summed E-state index contributed by atoms with van der Waals surface area (Å²) in [5, 5.41) is 15.4. The molecule has 13 heteroatoms. The highest BCUT2D eigenvalue weighted by Gasteiger charge is 2.30. The van der Waals surface area contributed by atoms with E-state index in [1.807, 2.05) is 0 Å². The van der Waals surface area contributed by atoms with E-state index in [4.69, 9.17) is 14.2 Å². The zero-order valence-electron chi connectivity index (χ0n) is 22.0. The zero-order chi connectivity index (χ0) is 28.6. The number of esters is 1. The number of aromatic hydroxyl groups is 1. The van der Waals surface area contributed by atoms with Gasteiger partial charge in [0, 0.05) is 24.5 Å². The molecule has 0 unspecified atom stereocenters. The maximum absolute atomic E-state index is 13.6. The van der Waals surface area contributed by atoms with Gasteiger partial charge in [0.05, 0.1) is 20.8 Å². The Kier molecular flexibility index (Phi) is 9.19. The molecule has 0 aliphatic carbocycles. The maximum Gasteiger partial charge on any atom is 0.357 e. The number of para-hydroxylation sites is 1. The van der Waals surface area contributed by atoms with Crippen molar-refractivity contribution in [2.75, 3.05) is 39.9 Å². The number of ether oxygens (including phenoxy) is 4. The topological polar surface area (TPSA) is 154 Å². The number of rotatable bonds is 12. The zero-order valence-corrected chi connectivity index (χ0v) is 22.8. The number of aromatic amines is 1. The van der Waals surface area contributed by atoms with E-state index < -0.39 is 29.5 Å². The van der Waals surface area contributed by atoms with Crippen LogP contribution in [0.2, 0.25) is 0 Å². The lowest BCUT2D eigenvalue weighted by Crippen LogP contribution is -2.33. The van der Waals surface area contributed by atoms with Crippen LogP contribution in [0.3, 0.4) is 0 Å². The largest absolute Gasteiger partial charge is 0.496 e. The molecule has 2 heterocycles. The number of carbonyl (C=O) groups is 2. The Bertz CT molecular complexity index is 1530. The average Bonchev–Trinajstić information content (AvgIpc) is 3.55. The first kappa shape index (κ1) is 28.4. The van der Waals surface area contributed by atoms with E-state index in [9.17, 15) is 19.5 Å². The Morgan fingerprint density at radius 2 is 1.85 bits per heavy atom. The molecular weight excluding hydrogens is 540 g/mol. The van der Waals surface area contributed by atoms with Gasteiger partial charge in [0.25, 0.3) is 0 Å². The summed E-state index contributed by atoms with van der Waals surface area (Å²) in [6, 6.07) is 12.6. The summed E-state index contributed by atoms with van der Waals surface area (Å²) in [7, 11) is 4.30. The highest BCUT2D eigenvalue weighted by atomic mass is 32.1. The number of thiazole rings is 1. The SMILES string of the molecule is COCCOc1ccc(-c2[nH]c(=O)n([C@@H](Cc3ccccc3OC)C(=O)Nc3nc(C(=O)OC)cs3)c2O)cc1. The van der Waals surface area contributed by atoms with Gasteiger partial charge in [-0.15, -0.1) is 11.3 Å². The van der Waals surface area contributed by atoms with E-state index in [0.29, 0.717) is 35.8 Å². The number of imidazole rings is 1. The third-order valence-corrected chi connectivity index (χ3v) is 6.71. The minimum absolute atomic E-state index is 0.00210. The molecule has 210 valence electrons. The fourth-order valence-electron chi connectivity index (χ4n) is 3.99. The van der Waals surface area contributed by atoms with E-state index in [2.05, 4.69) is 20.0 Å². The third-order valence-electron chi connectivity index (χ3n) is 5.95. The van der Waals surface area contributed by atoms with Crippen molar-refractivity contribution in [1.29, 1.82) is 0 Å². The predicted octanol–water partition coefficient (Wildman–Crippen LogP) is 3.25. The van der Waals surface area contributed by atoms with E-state index in [1.165, 1.54) is 19.6 Å². The van der Waals surface area contributed by atoms with Crippen molar-refractivity contribution in [3.63, 3.8) is 0 Å². The number of aromatic nitrogens is 3. The molecule has 0 saturated heterocycles. The number of H-pyrrole nitrogens is 1. The molecule has 2 aromatic carbocycles. The first-order valence-electron chi connectivity index (χ1n) is 12.1. The van der Waals surface area contributed by atoms with Crippen molar-refractivity contribution < 1.29 is 33.6 Å². The normalized spacial score (nSPS) is 11.6. The second kappa shape index (κ2) is 13.0. The van der Waals surface area contributed by atoms with Gasteiger partial charge in [-0.1, -0.05) is 18.2 Å². The standard InChI is InChI=1S/C27H28N4O8S/c1-36-12-13-39-18-10-8-16(9-11-18)22-24(33)31(27(35)29-22)20(14-17-6-4-5-7-21(17)37-2)23(32)30-26-28-19(15-40-26)25(34)38-3/h4-11,15,20,33H,12-14H2,1-3H3,(H,29,35)(H,28,30,32)/t20-/m0/s1. The molecule has 2 aromatic heterocycles. The van der Waals surface area contributed by atoms with Crippen LogP contribution in [0.25, 0.3) is 11.3 Å². The number of amides is 1. The van der Waals surface area contributed by atoms with Crippen molar-refractivity contribution in [1.82, 2.24) is 14.5 Å². The number of nitrogens with zero attached hydrogens (tertiary/aromatic N) is 2. The molecule has 0 aliphatic rings. The van der Waals surface area contributed by atoms with Gasteiger partial charge < -0.3 is 34.4 Å². The Labute approximate surface area is 233 Å². The first-order chi connectivity index (χ1) is 19.4. The van der Waals surface area contributed by atoms with E-state index in [-0.39, 0.29) is 22.9 Å². The highest BCUT2D eigenvalue weighted by Crippen LogP contribution is 2.32. The summed E-state index contributed by atoms with van der Waals surface area (Å²) in [6.45, 7) is 0.799. The van der Waals surface area contributed by atoms with Gasteiger partial charge in [-0.2, -0.15) is 0 Å². The van der Waals surface area contributed by atoms with Crippen molar-refractivity contribution in [2.24, 2.45) is 0 Å². The Hall–Kier alpha value is -4.62. The number of methoxy groups -OCH3 is 3. The van der Waals surface area contributed by atoms with E-state index in [1.54, 1.807) is 55.6 Å². The molecule has 0 aliphatic heterocycles. The lowest BCUT2D eigenvalue weighted by atomic mass is 10.0. The molecule has 12 nitrogen and oxygen atoms in total. The Morgan fingerprint density at radius 3 is 2.55 bits per heavy atom. The number of hydrogen-bond acceptors (Lipinski definition) is 10. The number of anilines is 1. The molecule has 4 rings (SSSR count). The van der Waals surface area contributed by atoms with Crippen molar-refractivity contribution in [3.05, 3.63) is 75.7 Å². The molecule has 1 atom stereocenters. The van der Waals surface area contributed by atoms with Gasteiger partial charge in [0.1, 0.15) is 29.8 Å². The van der Waals surface area contributed by atoms with Gasteiger partial charge in [0.15, 0.2) is 10.8 Å². The van der Waals surface area contributed by atoms with Crippen molar-refractivity contribution in [2.45, 2.75) is 12.5 Å². The first-order valence-corrected chi connectivity index (χ1v) is 13.0. The minimum Gasteiger partial charge on any atom is -0.496 e. The molecule has 0 saturated carbocycles. The second-order valence-corrected chi connectivity index (χ2v) is 9.27. The fourth-order valence-corrected chi connectivity index (χ4v) is 4.67. The minimum atomic E-state index is -1.21. The molecule has 0 radical (unpaired) electrons. The van der Waals surface area contributed by atoms with Crippen LogP contribution in [0.4, 0.5) is 5.13 Å². The molecule has 1 amide bonds. The average molecular weight is 569 g/mol. The van der Waals surface area contributed by atoms with Crippen LogP contribution in [0.5, 0.6) is 17.4 Å². The summed E-state index contributed by atoms with van der Waals surface area (Å²) in [4.78, 5) is 45.3. The van der Waals surface area contributed by atoms with Crippen LogP contribution < -0.4 is 20.5 Å². The molecular formula is C27H28N4O8S. The number of benzene rings is 2. The maximum atomic E-state index is 13.6. The van der Waals surface area contributed by atoms with E-state index in [0.717, 1.165) is 15.9 Å². The monoisotopic (exact) mass is 568 g/mol. The summed E-state index contributed by atoms with van der Waals surface area (Å²) in [5.41, 5.74) is 0.603. The summed E-state index contributed by atoms with van der Waals surface area (Å²) >= 11 is 1.02. The van der Waals surface area contributed by atoms with Crippen LogP contribution in [0.1, 0.15) is 22.1 Å². The molecule has 40 heavy (non-hydrogen) atoms. The van der Waals surface area contributed by atoms with Crippen LogP contribution in [-0.4, -0.2) is 66.1 Å². The van der Waals surface area contributed by atoms with Gasteiger partial charge in [-0.25, -0.2) is 19.1 Å². The van der Waals surface area contributed by atoms with Crippen LogP contribution >= 0.6 is 11.3 Å². The van der Waals surface area contributed by atoms with Crippen LogP contribution in [0.15, 0.2) is 58.7 Å². The molecule has 4 aromatic rings. The fraction of sp³-hybridized carbons (Fsp3) is 0.259. The summed E-state index contributed by atoms with van der Waals surface area (Å²) in [6.07, 6.45) is 0.00210. The Balaban J connectivity index is 1.68. The molecule has 0 fully saturated rings. The van der Waals surface area contributed by atoms with Crippen LogP contribution in [-0.2, 0) is 20.7 Å².